The summed E-state index contributed by atoms with van der Waals surface area (Å²) in [6, 6.07) is 0.125. The largest absolute Gasteiger partial charge is 0.340 e. The Bertz CT molecular complexity index is 373. The van der Waals surface area contributed by atoms with Crippen LogP contribution < -0.4 is 5.73 Å². The molecule has 0 bridgehead atoms. The molecule has 0 saturated carbocycles. The van der Waals surface area contributed by atoms with Gasteiger partial charge in [-0.05, 0) is 19.8 Å². The van der Waals surface area contributed by atoms with E-state index in [-0.39, 0.29) is 11.9 Å². The van der Waals surface area contributed by atoms with Gasteiger partial charge in [-0.3, -0.25) is 4.79 Å². The van der Waals surface area contributed by atoms with E-state index in [2.05, 4.69) is 0 Å². The Morgan fingerprint density at radius 3 is 2.28 bits per heavy atom. The summed E-state index contributed by atoms with van der Waals surface area (Å²) in [6.07, 6.45) is 3.34. The van der Waals surface area contributed by atoms with Crippen molar-refractivity contribution < 1.29 is 13.2 Å². The first-order valence-electron chi connectivity index (χ1n) is 6.29. The monoisotopic (exact) mass is 277 g/mol. The summed E-state index contributed by atoms with van der Waals surface area (Å²) in [5.74, 6) is 0.101. The summed E-state index contributed by atoms with van der Waals surface area (Å²) in [5, 5.41) is 0. The molecule has 0 aliphatic carbocycles. The fourth-order valence-electron chi connectivity index (χ4n) is 2.00. The summed E-state index contributed by atoms with van der Waals surface area (Å²) < 4.78 is 24.1. The Balaban J connectivity index is 2.32. The first-order chi connectivity index (χ1) is 8.30. The zero-order chi connectivity index (χ0) is 13.8. The normalized spacial score (nSPS) is 19.8. The second-order valence-electron chi connectivity index (χ2n) is 4.91. The van der Waals surface area contributed by atoms with Crippen LogP contribution >= 0.6 is 0 Å². The maximum Gasteiger partial charge on any atom is 0.222 e. The van der Waals surface area contributed by atoms with Crippen LogP contribution in [0.5, 0.6) is 0 Å². The van der Waals surface area contributed by atoms with Crippen LogP contribution in [0.2, 0.25) is 0 Å². The first kappa shape index (κ1) is 15.4. The molecule has 0 aromatic rings. The van der Waals surface area contributed by atoms with Crippen molar-refractivity contribution >= 4 is 15.9 Å². The van der Waals surface area contributed by atoms with Gasteiger partial charge in [-0.2, -0.15) is 4.31 Å². The second-order valence-corrected chi connectivity index (χ2v) is 6.89. The fourth-order valence-corrected chi connectivity index (χ4v) is 2.83. The third kappa shape index (κ3) is 4.91. The number of hydrogen-bond donors (Lipinski definition) is 1. The minimum atomic E-state index is -3.12. The van der Waals surface area contributed by atoms with E-state index in [4.69, 9.17) is 5.73 Å². The van der Waals surface area contributed by atoms with Crippen molar-refractivity contribution in [1.82, 2.24) is 9.21 Å². The van der Waals surface area contributed by atoms with Gasteiger partial charge in [-0.1, -0.05) is 0 Å². The number of sulfonamides is 1. The van der Waals surface area contributed by atoms with E-state index in [1.165, 1.54) is 10.6 Å². The van der Waals surface area contributed by atoms with E-state index >= 15 is 0 Å². The summed E-state index contributed by atoms with van der Waals surface area (Å²) in [4.78, 5) is 13.6. The van der Waals surface area contributed by atoms with Crippen LogP contribution in [0.1, 0.15) is 26.2 Å². The highest BCUT2D eigenvalue weighted by Crippen LogP contribution is 2.09. The Morgan fingerprint density at radius 1 is 1.28 bits per heavy atom. The summed E-state index contributed by atoms with van der Waals surface area (Å²) in [7, 11) is -3.12. The molecule has 106 valence electrons. The molecule has 0 aromatic heterocycles. The molecule has 1 rings (SSSR count). The standard InChI is InChI=1S/C11H23N3O3S/c1-10(12)4-3-5-11(15)13-6-8-14(9-7-13)18(2,16)17/h10H,3-9,12H2,1-2H3. The molecular weight excluding hydrogens is 254 g/mol. The van der Waals surface area contributed by atoms with E-state index in [0.717, 1.165) is 12.8 Å². The predicted molar refractivity (Wildman–Crippen MR) is 70.5 cm³/mol. The van der Waals surface area contributed by atoms with Crippen LogP contribution in [-0.2, 0) is 14.8 Å². The van der Waals surface area contributed by atoms with Crippen LogP contribution in [0.3, 0.4) is 0 Å². The number of amides is 1. The van der Waals surface area contributed by atoms with Crippen molar-refractivity contribution in [2.24, 2.45) is 5.73 Å². The molecule has 2 N–H and O–H groups in total. The van der Waals surface area contributed by atoms with Gasteiger partial charge in [0.15, 0.2) is 0 Å². The van der Waals surface area contributed by atoms with Crippen molar-refractivity contribution in [3.8, 4) is 0 Å². The maximum absolute atomic E-state index is 11.9. The zero-order valence-corrected chi connectivity index (χ0v) is 11.9. The van der Waals surface area contributed by atoms with Crippen LogP contribution in [0.25, 0.3) is 0 Å². The van der Waals surface area contributed by atoms with Crippen molar-refractivity contribution in [3.05, 3.63) is 0 Å². The molecule has 18 heavy (non-hydrogen) atoms. The number of rotatable bonds is 5. The van der Waals surface area contributed by atoms with Crippen molar-refractivity contribution in [2.45, 2.75) is 32.2 Å². The Kier molecular flexibility index (Phi) is 5.55. The van der Waals surface area contributed by atoms with Gasteiger partial charge in [0.2, 0.25) is 15.9 Å². The van der Waals surface area contributed by atoms with Crippen LogP contribution in [0.4, 0.5) is 0 Å². The predicted octanol–water partition coefficient (Wildman–Crippen LogP) is -0.392. The molecular formula is C11H23N3O3S. The number of carbonyl (C=O) groups is 1. The fraction of sp³-hybridized carbons (Fsp3) is 0.909. The highest BCUT2D eigenvalue weighted by Gasteiger charge is 2.25. The van der Waals surface area contributed by atoms with Gasteiger partial charge < -0.3 is 10.6 Å². The van der Waals surface area contributed by atoms with Gasteiger partial charge in [0.25, 0.3) is 0 Å². The third-order valence-electron chi connectivity index (χ3n) is 3.11. The lowest BCUT2D eigenvalue weighted by molar-refractivity contribution is -0.132. The van der Waals surface area contributed by atoms with E-state index in [0.29, 0.717) is 32.6 Å². The van der Waals surface area contributed by atoms with Crippen molar-refractivity contribution in [2.75, 3.05) is 32.4 Å². The molecule has 7 heteroatoms. The number of carbonyl (C=O) groups excluding carboxylic acids is 1. The van der Waals surface area contributed by atoms with E-state index in [1.807, 2.05) is 6.92 Å². The minimum absolute atomic E-state index is 0.101. The minimum Gasteiger partial charge on any atom is -0.340 e. The molecule has 1 aliphatic rings. The Morgan fingerprint density at radius 2 is 1.83 bits per heavy atom. The van der Waals surface area contributed by atoms with Crippen LogP contribution in [-0.4, -0.2) is 62.0 Å². The van der Waals surface area contributed by atoms with E-state index in [1.54, 1.807) is 4.90 Å². The van der Waals surface area contributed by atoms with Gasteiger partial charge in [0.1, 0.15) is 0 Å². The zero-order valence-electron chi connectivity index (χ0n) is 11.1. The number of nitrogens with two attached hydrogens (primary N) is 1. The molecule has 1 atom stereocenters. The highest BCUT2D eigenvalue weighted by molar-refractivity contribution is 7.88. The lowest BCUT2D eigenvalue weighted by Crippen LogP contribution is -2.50. The molecule has 0 spiro atoms. The lowest BCUT2D eigenvalue weighted by Gasteiger charge is -2.33. The van der Waals surface area contributed by atoms with Crippen LogP contribution in [0.15, 0.2) is 0 Å². The smallest absolute Gasteiger partial charge is 0.222 e. The summed E-state index contributed by atoms with van der Waals surface area (Å²) in [6.45, 7) is 3.71. The van der Waals surface area contributed by atoms with E-state index < -0.39 is 10.0 Å². The number of hydrogen-bond acceptors (Lipinski definition) is 4. The molecule has 0 aromatic carbocycles. The van der Waals surface area contributed by atoms with Gasteiger partial charge in [0, 0.05) is 38.6 Å². The maximum atomic E-state index is 11.9. The number of piperazine rings is 1. The first-order valence-corrected chi connectivity index (χ1v) is 8.14. The third-order valence-corrected chi connectivity index (χ3v) is 4.41. The molecule has 0 radical (unpaired) electrons. The SMILES string of the molecule is CC(N)CCCC(=O)N1CCN(S(C)(=O)=O)CC1. The van der Waals surface area contributed by atoms with E-state index in [9.17, 15) is 13.2 Å². The highest BCUT2D eigenvalue weighted by atomic mass is 32.2. The van der Waals surface area contributed by atoms with Gasteiger partial charge >= 0.3 is 0 Å². The second kappa shape index (κ2) is 6.49. The number of nitrogens with zero attached hydrogens (tertiary/aromatic N) is 2. The van der Waals surface area contributed by atoms with Gasteiger partial charge in [-0.15, -0.1) is 0 Å². The molecule has 1 heterocycles. The Labute approximate surface area is 109 Å². The molecule has 1 amide bonds. The van der Waals surface area contributed by atoms with Crippen molar-refractivity contribution in [3.63, 3.8) is 0 Å². The topological polar surface area (TPSA) is 83.7 Å². The van der Waals surface area contributed by atoms with Gasteiger partial charge in [0.05, 0.1) is 6.26 Å². The summed E-state index contributed by atoms with van der Waals surface area (Å²) in [5.41, 5.74) is 5.62. The molecule has 1 saturated heterocycles. The molecule has 6 nitrogen and oxygen atoms in total. The summed E-state index contributed by atoms with van der Waals surface area (Å²) >= 11 is 0. The molecule has 1 unspecified atom stereocenters. The quantitative estimate of drug-likeness (QED) is 0.741. The average Bonchev–Trinajstić information content (AvgIpc) is 2.27. The average molecular weight is 277 g/mol. The van der Waals surface area contributed by atoms with Crippen LogP contribution in [0, 0.1) is 0 Å². The Hall–Kier alpha value is -0.660. The van der Waals surface area contributed by atoms with Gasteiger partial charge in [-0.25, -0.2) is 8.42 Å². The molecule has 1 fully saturated rings. The molecule has 1 aliphatic heterocycles. The van der Waals surface area contributed by atoms with Crippen molar-refractivity contribution in [1.29, 1.82) is 0 Å². The lowest BCUT2D eigenvalue weighted by atomic mass is 10.1.